The van der Waals surface area contributed by atoms with Crippen LogP contribution in [0.1, 0.15) is 17.7 Å². The first-order valence-corrected chi connectivity index (χ1v) is 7.16. The zero-order chi connectivity index (χ0) is 11.4. The van der Waals surface area contributed by atoms with Crippen molar-refractivity contribution in [1.82, 2.24) is 0 Å². The van der Waals surface area contributed by atoms with Gasteiger partial charge in [0, 0.05) is 21.7 Å². The van der Waals surface area contributed by atoms with Crippen molar-refractivity contribution in [2.75, 3.05) is 11.5 Å². The second-order valence-corrected chi connectivity index (χ2v) is 6.49. The summed E-state index contributed by atoms with van der Waals surface area (Å²) in [7, 11) is 0. The van der Waals surface area contributed by atoms with Crippen molar-refractivity contribution < 1.29 is 0 Å². The molecule has 16 heavy (non-hydrogen) atoms. The molecule has 1 fully saturated rings. The molecule has 1 heterocycles. The molecule has 0 radical (unpaired) electrons. The van der Waals surface area contributed by atoms with Gasteiger partial charge in [0.2, 0.25) is 0 Å². The summed E-state index contributed by atoms with van der Waals surface area (Å²) in [5.74, 6) is 2.16. The van der Waals surface area contributed by atoms with Gasteiger partial charge in [-0.3, -0.25) is 0 Å². The van der Waals surface area contributed by atoms with Gasteiger partial charge in [-0.2, -0.15) is 11.8 Å². The Bertz CT molecular complexity index is 403. The van der Waals surface area contributed by atoms with Crippen LogP contribution >= 0.6 is 23.5 Å². The third-order valence-corrected chi connectivity index (χ3v) is 5.82. The van der Waals surface area contributed by atoms with Gasteiger partial charge in [0.05, 0.1) is 0 Å². The molecule has 2 atom stereocenters. The van der Waals surface area contributed by atoms with Crippen molar-refractivity contribution in [2.45, 2.75) is 17.0 Å². The van der Waals surface area contributed by atoms with E-state index in [-0.39, 0.29) is 10.1 Å². The lowest BCUT2D eigenvalue weighted by Gasteiger charge is -2.36. The number of benzene rings is 1. The Morgan fingerprint density at radius 3 is 2.81 bits per heavy atom. The molecule has 1 saturated heterocycles. The number of hydrogen-bond acceptors (Lipinski definition) is 3. The highest BCUT2D eigenvalue weighted by molar-refractivity contribution is 8.07. The monoisotopic (exact) mass is 251 g/mol. The van der Waals surface area contributed by atoms with Gasteiger partial charge in [-0.1, -0.05) is 35.4 Å². The average Bonchev–Trinajstić information content (AvgIpc) is 2.31. The highest BCUT2D eigenvalue weighted by Crippen LogP contribution is 2.51. The molecule has 2 rings (SSSR count). The Hall–Kier alpha value is -0.770. The molecule has 0 aliphatic carbocycles. The van der Waals surface area contributed by atoms with Crippen LogP contribution in [0, 0.1) is 0 Å². The van der Waals surface area contributed by atoms with Crippen LogP contribution in [0.4, 0.5) is 0 Å². The van der Waals surface area contributed by atoms with Crippen LogP contribution in [0.3, 0.4) is 0 Å². The fourth-order valence-corrected chi connectivity index (χ4v) is 4.71. The maximum absolute atomic E-state index is 8.68. The predicted octanol–water partition coefficient (Wildman–Crippen LogP) is 4.23. The smallest absolute Gasteiger partial charge is 0.107 e. The zero-order valence-corrected chi connectivity index (χ0v) is 10.7. The van der Waals surface area contributed by atoms with E-state index in [0.29, 0.717) is 0 Å². The third-order valence-electron chi connectivity index (χ3n) is 2.59. The molecule has 0 unspecified atom stereocenters. The standard InChI is InChI=1S/C11H13N3S2/c1-11(13-14-12)10(15-7-8-16-11)9-5-3-2-4-6-9/h2-6,10H,7-8H2,1H3/t10-,11+/m1/s1. The minimum atomic E-state index is -0.362. The minimum absolute atomic E-state index is 0.253. The van der Waals surface area contributed by atoms with Crippen molar-refractivity contribution in [3.05, 3.63) is 46.3 Å². The van der Waals surface area contributed by atoms with E-state index in [2.05, 4.69) is 22.2 Å². The van der Waals surface area contributed by atoms with E-state index < -0.39 is 0 Å². The molecule has 5 heteroatoms. The largest absolute Gasteiger partial charge is 0.151 e. The van der Waals surface area contributed by atoms with E-state index in [0.717, 1.165) is 11.5 Å². The maximum atomic E-state index is 8.68. The Morgan fingerprint density at radius 2 is 2.12 bits per heavy atom. The maximum Gasteiger partial charge on any atom is 0.107 e. The third kappa shape index (κ3) is 2.32. The van der Waals surface area contributed by atoms with Gasteiger partial charge >= 0.3 is 0 Å². The molecule has 0 amide bonds. The van der Waals surface area contributed by atoms with E-state index in [9.17, 15) is 0 Å². The van der Waals surface area contributed by atoms with Gasteiger partial charge in [0.1, 0.15) is 4.87 Å². The lowest BCUT2D eigenvalue weighted by Crippen LogP contribution is -2.29. The number of hydrogen-bond donors (Lipinski definition) is 0. The number of thioether (sulfide) groups is 2. The average molecular weight is 251 g/mol. The molecule has 0 saturated carbocycles. The summed E-state index contributed by atoms with van der Waals surface area (Å²) < 4.78 is 0. The van der Waals surface area contributed by atoms with Gasteiger partial charge in [-0.15, -0.1) is 11.8 Å². The molecule has 0 aromatic heterocycles. The van der Waals surface area contributed by atoms with Crippen LogP contribution < -0.4 is 0 Å². The number of rotatable bonds is 2. The summed E-state index contributed by atoms with van der Waals surface area (Å²) in [5.41, 5.74) is 9.93. The van der Waals surface area contributed by atoms with Gasteiger partial charge in [-0.05, 0) is 18.0 Å². The highest BCUT2D eigenvalue weighted by Gasteiger charge is 2.38. The molecule has 3 nitrogen and oxygen atoms in total. The molecule has 0 spiro atoms. The predicted molar refractivity (Wildman–Crippen MR) is 71.7 cm³/mol. The Kier molecular flexibility index (Phi) is 3.69. The molecule has 84 valence electrons. The van der Waals surface area contributed by atoms with Crippen LogP contribution in [0.2, 0.25) is 0 Å². The van der Waals surface area contributed by atoms with Crippen LogP contribution in [-0.4, -0.2) is 16.4 Å². The lowest BCUT2D eigenvalue weighted by molar-refractivity contribution is 0.648. The first-order valence-electron chi connectivity index (χ1n) is 5.13. The van der Waals surface area contributed by atoms with Crippen molar-refractivity contribution in [2.24, 2.45) is 5.11 Å². The number of nitrogens with zero attached hydrogens (tertiary/aromatic N) is 3. The molecule has 1 aliphatic rings. The topological polar surface area (TPSA) is 48.8 Å². The molecular weight excluding hydrogens is 238 g/mol. The second kappa shape index (κ2) is 5.04. The van der Waals surface area contributed by atoms with Crippen LogP contribution in [0.5, 0.6) is 0 Å². The van der Waals surface area contributed by atoms with Crippen molar-refractivity contribution in [1.29, 1.82) is 0 Å². The van der Waals surface area contributed by atoms with E-state index in [4.69, 9.17) is 5.53 Å². The summed E-state index contributed by atoms with van der Waals surface area (Å²) >= 11 is 3.63. The zero-order valence-electron chi connectivity index (χ0n) is 9.04. The van der Waals surface area contributed by atoms with Crippen molar-refractivity contribution in [3.63, 3.8) is 0 Å². The molecule has 0 N–H and O–H groups in total. The van der Waals surface area contributed by atoms with Crippen LogP contribution in [0.15, 0.2) is 35.4 Å². The lowest BCUT2D eigenvalue weighted by atomic mass is 10.1. The van der Waals surface area contributed by atoms with Gasteiger partial charge in [-0.25, -0.2) is 0 Å². The minimum Gasteiger partial charge on any atom is -0.151 e. The molecular formula is C11H13N3S2. The van der Waals surface area contributed by atoms with Crippen LogP contribution in [0.25, 0.3) is 10.4 Å². The first-order chi connectivity index (χ1) is 7.76. The summed E-state index contributed by atoms with van der Waals surface area (Å²) in [6, 6.07) is 10.3. The van der Waals surface area contributed by atoms with Crippen molar-refractivity contribution in [3.8, 4) is 0 Å². The molecule has 1 aromatic carbocycles. The molecule has 1 aliphatic heterocycles. The Labute approximate surface area is 104 Å². The normalized spacial score (nSPS) is 29.4. The molecule has 1 aromatic rings. The van der Waals surface area contributed by atoms with Gasteiger partial charge < -0.3 is 0 Å². The van der Waals surface area contributed by atoms with Crippen molar-refractivity contribution >= 4 is 23.5 Å². The fourth-order valence-electron chi connectivity index (χ4n) is 1.85. The fraction of sp³-hybridized carbons (Fsp3) is 0.455. The molecule has 0 bridgehead atoms. The quantitative estimate of drug-likeness (QED) is 0.448. The van der Waals surface area contributed by atoms with E-state index >= 15 is 0 Å². The van der Waals surface area contributed by atoms with Crippen LogP contribution in [-0.2, 0) is 0 Å². The van der Waals surface area contributed by atoms with Gasteiger partial charge in [0.25, 0.3) is 0 Å². The van der Waals surface area contributed by atoms with Gasteiger partial charge in [0.15, 0.2) is 0 Å². The van der Waals surface area contributed by atoms with E-state index in [1.165, 1.54) is 5.56 Å². The van der Waals surface area contributed by atoms with E-state index in [1.807, 2.05) is 36.9 Å². The summed E-state index contributed by atoms with van der Waals surface area (Å²) in [5, 5.41) is 4.25. The summed E-state index contributed by atoms with van der Waals surface area (Å²) in [4.78, 5) is 2.64. The Balaban J connectivity index is 2.33. The highest BCUT2D eigenvalue weighted by atomic mass is 32.2. The second-order valence-electron chi connectivity index (χ2n) is 3.75. The van der Waals surface area contributed by atoms with E-state index in [1.54, 1.807) is 11.8 Å². The number of azide groups is 1. The SMILES string of the molecule is C[C@]1(N=[N+]=[N-])SCCS[C@@H]1c1ccccc1. The summed E-state index contributed by atoms with van der Waals surface area (Å²) in [6.07, 6.45) is 0. The Morgan fingerprint density at radius 1 is 1.38 bits per heavy atom. The first kappa shape index (κ1) is 11.7. The summed E-state index contributed by atoms with van der Waals surface area (Å²) in [6.45, 7) is 2.03.